The Morgan fingerprint density at radius 2 is 1.86 bits per heavy atom. The zero-order valence-electron chi connectivity index (χ0n) is 21.9. The topological polar surface area (TPSA) is 70.5 Å². The molecule has 0 radical (unpaired) electrons. The van der Waals surface area contributed by atoms with Gasteiger partial charge in [-0.05, 0) is 62.6 Å². The number of rotatable bonds is 7. The van der Waals surface area contributed by atoms with E-state index in [0.717, 1.165) is 38.3 Å². The molecule has 1 aliphatic heterocycles. The molecule has 0 saturated carbocycles. The van der Waals surface area contributed by atoms with Crippen LogP contribution in [0.2, 0.25) is 5.02 Å². The van der Waals surface area contributed by atoms with E-state index in [9.17, 15) is 14.0 Å². The standard InChI is InChI=1S/C28H35ClFN5O2/c1-18(2)16-31-26(36)17-35-27(20-6-8-24(30)23(29)14-20)32-25-9-7-21(15-22(25)28(35)37)34-11-5-10-33(12-13-34)19(3)4/h6-9,14-15,18-19H,5,10-13,16-17H2,1-4H3,(H,31,36). The maximum absolute atomic E-state index is 13.9. The quantitative estimate of drug-likeness (QED) is 0.488. The molecule has 7 nitrogen and oxygen atoms in total. The third-order valence-corrected chi connectivity index (χ3v) is 7.04. The second-order valence-electron chi connectivity index (χ2n) is 10.3. The number of amides is 1. The molecule has 198 valence electrons. The second-order valence-corrected chi connectivity index (χ2v) is 10.7. The normalized spacial score (nSPS) is 15.0. The molecule has 1 aliphatic rings. The van der Waals surface area contributed by atoms with Gasteiger partial charge in [0.15, 0.2) is 0 Å². The smallest absolute Gasteiger partial charge is 0.262 e. The van der Waals surface area contributed by atoms with E-state index >= 15 is 0 Å². The molecule has 0 spiro atoms. The molecule has 1 amide bonds. The maximum Gasteiger partial charge on any atom is 0.262 e. The summed E-state index contributed by atoms with van der Waals surface area (Å²) in [6, 6.07) is 10.4. The summed E-state index contributed by atoms with van der Waals surface area (Å²) in [5.41, 5.74) is 1.63. The molecule has 0 unspecified atom stereocenters. The fourth-order valence-corrected chi connectivity index (χ4v) is 4.82. The highest BCUT2D eigenvalue weighted by atomic mass is 35.5. The number of aromatic nitrogens is 2. The Labute approximate surface area is 222 Å². The van der Waals surface area contributed by atoms with Gasteiger partial charge >= 0.3 is 0 Å². The third kappa shape index (κ3) is 6.30. The fraction of sp³-hybridized carbons (Fsp3) is 0.464. The number of hydrogen-bond acceptors (Lipinski definition) is 5. The van der Waals surface area contributed by atoms with Crippen molar-refractivity contribution in [3.8, 4) is 11.4 Å². The largest absolute Gasteiger partial charge is 0.370 e. The van der Waals surface area contributed by atoms with Gasteiger partial charge in [-0.25, -0.2) is 9.37 Å². The minimum atomic E-state index is -0.562. The summed E-state index contributed by atoms with van der Waals surface area (Å²) < 4.78 is 15.2. The number of halogens is 2. The van der Waals surface area contributed by atoms with Crippen molar-refractivity contribution < 1.29 is 9.18 Å². The minimum absolute atomic E-state index is 0.0744. The first-order chi connectivity index (χ1) is 17.6. The van der Waals surface area contributed by atoms with Crippen LogP contribution >= 0.6 is 11.6 Å². The van der Waals surface area contributed by atoms with E-state index in [4.69, 9.17) is 16.6 Å². The van der Waals surface area contributed by atoms with E-state index < -0.39 is 5.82 Å². The number of hydrogen-bond donors (Lipinski definition) is 1. The zero-order valence-corrected chi connectivity index (χ0v) is 22.7. The Hall–Kier alpha value is -2.97. The van der Waals surface area contributed by atoms with Gasteiger partial charge in [0.05, 0.1) is 15.9 Å². The lowest BCUT2D eigenvalue weighted by atomic mass is 10.1. The number of nitrogens with one attached hydrogen (secondary N) is 1. The number of fused-ring (bicyclic) bond motifs is 1. The average Bonchev–Trinajstić information content (AvgIpc) is 3.12. The summed E-state index contributed by atoms with van der Waals surface area (Å²) in [7, 11) is 0. The molecule has 1 saturated heterocycles. The highest BCUT2D eigenvalue weighted by Gasteiger charge is 2.20. The second kappa shape index (κ2) is 11.6. The van der Waals surface area contributed by atoms with Gasteiger partial charge < -0.3 is 10.2 Å². The van der Waals surface area contributed by atoms with Gasteiger partial charge in [-0.3, -0.25) is 19.1 Å². The lowest BCUT2D eigenvalue weighted by Gasteiger charge is -2.26. The van der Waals surface area contributed by atoms with Gasteiger partial charge in [0, 0.05) is 50.0 Å². The van der Waals surface area contributed by atoms with Gasteiger partial charge in [-0.2, -0.15) is 0 Å². The van der Waals surface area contributed by atoms with E-state index in [1.807, 2.05) is 32.0 Å². The first kappa shape index (κ1) is 27.1. The average molecular weight is 528 g/mol. The first-order valence-electron chi connectivity index (χ1n) is 12.9. The SMILES string of the molecule is CC(C)CNC(=O)Cn1c(-c2ccc(F)c(Cl)c2)nc2ccc(N3CCCN(C(C)C)CC3)cc2c1=O. The Morgan fingerprint density at radius 1 is 1.08 bits per heavy atom. The molecule has 37 heavy (non-hydrogen) atoms. The molecule has 1 N–H and O–H groups in total. The molecule has 1 aromatic heterocycles. The fourth-order valence-electron chi connectivity index (χ4n) is 4.64. The van der Waals surface area contributed by atoms with Crippen molar-refractivity contribution in [1.29, 1.82) is 0 Å². The zero-order chi connectivity index (χ0) is 26.7. The van der Waals surface area contributed by atoms with Crippen LogP contribution in [0.25, 0.3) is 22.3 Å². The lowest BCUT2D eigenvalue weighted by molar-refractivity contribution is -0.121. The van der Waals surface area contributed by atoms with Crippen molar-refractivity contribution in [2.24, 2.45) is 5.92 Å². The summed E-state index contributed by atoms with van der Waals surface area (Å²) in [4.78, 5) is 36.1. The Morgan fingerprint density at radius 3 is 2.57 bits per heavy atom. The van der Waals surface area contributed by atoms with Crippen LogP contribution in [0.1, 0.15) is 34.1 Å². The molecule has 1 fully saturated rings. The van der Waals surface area contributed by atoms with Crippen molar-refractivity contribution in [1.82, 2.24) is 19.8 Å². The van der Waals surface area contributed by atoms with E-state index in [1.54, 1.807) is 0 Å². The predicted octanol–water partition coefficient (Wildman–Crippen LogP) is 4.55. The van der Waals surface area contributed by atoms with E-state index in [-0.39, 0.29) is 34.8 Å². The van der Waals surface area contributed by atoms with Crippen molar-refractivity contribution in [3.63, 3.8) is 0 Å². The van der Waals surface area contributed by atoms with Gasteiger partial charge in [0.1, 0.15) is 18.2 Å². The molecule has 9 heteroatoms. The van der Waals surface area contributed by atoms with Crippen LogP contribution in [0.4, 0.5) is 10.1 Å². The van der Waals surface area contributed by atoms with Crippen molar-refractivity contribution in [2.75, 3.05) is 37.6 Å². The van der Waals surface area contributed by atoms with E-state index in [1.165, 1.54) is 22.8 Å². The van der Waals surface area contributed by atoms with Crippen LogP contribution in [0.3, 0.4) is 0 Å². The van der Waals surface area contributed by atoms with Crippen LogP contribution in [-0.4, -0.2) is 59.1 Å². The summed E-state index contributed by atoms with van der Waals surface area (Å²) in [5, 5.41) is 3.23. The Kier molecular flexibility index (Phi) is 8.49. The van der Waals surface area contributed by atoms with E-state index in [2.05, 4.69) is 29.0 Å². The molecule has 4 rings (SSSR count). The molecule has 0 bridgehead atoms. The summed E-state index contributed by atoms with van der Waals surface area (Å²) in [5.74, 6) is -0.306. The number of benzene rings is 2. The van der Waals surface area contributed by atoms with Crippen LogP contribution < -0.4 is 15.8 Å². The minimum Gasteiger partial charge on any atom is -0.370 e. The first-order valence-corrected chi connectivity index (χ1v) is 13.3. The number of nitrogens with zero attached hydrogens (tertiary/aromatic N) is 4. The summed E-state index contributed by atoms with van der Waals surface area (Å²) in [6.45, 7) is 12.5. The number of anilines is 1. The van der Waals surface area contributed by atoms with Crippen LogP contribution in [-0.2, 0) is 11.3 Å². The van der Waals surface area contributed by atoms with Crippen LogP contribution in [0.5, 0.6) is 0 Å². The van der Waals surface area contributed by atoms with Gasteiger partial charge in [-0.1, -0.05) is 25.4 Å². The Balaban J connectivity index is 1.76. The summed E-state index contributed by atoms with van der Waals surface area (Å²) in [6.07, 6.45) is 1.04. The van der Waals surface area contributed by atoms with Gasteiger partial charge in [0.25, 0.3) is 5.56 Å². The number of carbonyl (C=O) groups is 1. The highest BCUT2D eigenvalue weighted by Crippen LogP contribution is 2.26. The Bertz CT molecular complexity index is 1340. The van der Waals surface area contributed by atoms with Crippen molar-refractivity contribution in [2.45, 2.75) is 46.7 Å². The maximum atomic E-state index is 13.9. The molecular weight excluding hydrogens is 493 g/mol. The molecule has 2 aromatic carbocycles. The van der Waals surface area contributed by atoms with Crippen LogP contribution in [0, 0.1) is 11.7 Å². The third-order valence-electron chi connectivity index (χ3n) is 6.75. The molecule has 0 aliphatic carbocycles. The molecule has 2 heterocycles. The molecular formula is C28H35ClFN5O2. The summed E-state index contributed by atoms with van der Waals surface area (Å²) >= 11 is 6.04. The molecule has 3 aromatic rings. The van der Waals surface area contributed by atoms with E-state index in [0.29, 0.717) is 29.1 Å². The highest BCUT2D eigenvalue weighted by molar-refractivity contribution is 6.31. The van der Waals surface area contributed by atoms with Crippen LogP contribution in [0.15, 0.2) is 41.2 Å². The lowest BCUT2D eigenvalue weighted by Crippen LogP contribution is -2.35. The van der Waals surface area contributed by atoms with Crippen molar-refractivity contribution >= 4 is 34.1 Å². The molecule has 0 atom stereocenters. The van der Waals surface area contributed by atoms with Crippen molar-refractivity contribution in [3.05, 3.63) is 57.6 Å². The predicted molar refractivity (Wildman–Crippen MR) is 148 cm³/mol. The van der Waals surface area contributed by atoms with Gasteiger partial charge in [0.2, 0.25) is 5.91 Å². The monoisotopic (exact) mass is 527 g/mol. The van der Waals surface area contributed by atoms with Gasteiger partial charge in [-0.15, -0.1) is 0 Å². The number of carbonyl (C=O) groups excluding carboxylic acids is 1.